The smallest absolute Gasteiger partial charge is 0.240 e. The van der Waals surface area contributed by atoms with Crippen molar-refractivity contribution in [1.29, 1.82) is 0 Å². The minimum Gasteiger partial charge on any atom is -0.315 e. The molecular formula is C13H20N2O2S. The molecule has 1 unspecified atom stereocenters. The van der Waals surface area contributed by atoms with Crippen LogP contribution in [0.25, 0.3) is 0 Å². The molecule has 1 aromatic rings. The van der Waals surface area contributed by atoms with Crippen LogP contribution < -0.4 is 10.0 Å². The molecule has 1 aliphatic rings. The third-order valence-corrected chi connectivity index (χ3v) is 4.74. The predicted molar refractivity (Wildman–Crippen MR) is 72.0 cm³/mol. The van der Waals surface area contributed by atoms with Crippen LogP contribution in [0.2, 0.25) is 0 Å². The quantitative estimate of drug-likeness (QED) is 0.871. The molecule has 0 bridgehead atoms. The van der Waals surface area contributed by atoms with E-state index in [4.69, 9.17) is 0 Å². The zero-order valence-electron chi connectivity index (χ0n) is 10.6. The first-order valence-electron chi connectivity index (χ1n) is 6.38. The molecule has 1 aliphatic heterocycles. The van der Waals surface area contributed by atoms with Crippen molar-refractivity contribution in [2.24, 2.45) is 0 Å². The standard InChI is InChI=1S/C13H20N2O2S/c1-11-5-7-13(8-6-11)18(16,17)15-12-4-2-3-9-14-10-12/h5-8,12,14-15H,2-4,9-10H2,1H3. The Balaban J connectivity index is 2.08. The van der Waals surface area contributed by atoms with E-state index in [1.165, 1.54) is 0 Å². The topological polar surface area (TPSA) is 58.2 Å². The lowest BCUT2D eigenvalue weighted by Gasteiger charge is -2.16. The van der Waals surface area contributed by atoms with Crippen molar-refractivity contribution in [3.05, 3.63) is 29.8 Å². The van der Waals surface area contributed by atoms with E-state index in [1.807, 2.05) is 19.1 Å². The van der Waals surface area contributed by atoms with Gasteiger partial charge >= 0.3 is 0 Å². The molecule has 5 heteroatoms. The van der Waals surface area contributed by atoms with Crippen molar-refractivity contribution in [1.82, 2.24) is 10.0 Å². The number of rotatable bonds is 3. The summed E-state index contributed by atoms with van der Waals surface area (Å²) >= 11 is 0. The van der Waals surface area contributed by atoms with Crippen LogP contribution in [0.15, 0.2) is 29.2 Å². The lowest BCUT2D eigenvalue weighted by Crippen LogP contribution is -2.40. The summed E-state index contributed by atoms with van der Waals surface area (Å²) in [4.78, 5) is 0.345. The highest BCUT2D eigenvalue weighted by Gasteiger charge is 2.20. The zero-order chi connectivity index (χ0) is 13.0. The molecule has 0 radical (unpaired) electrons. The number of hydrogen-bond acceptors (Lipinski definition) is 3. The molecule has 1 atom stereocenters. The highest BCUT2D eigenvalue weighted by Crippen LogP contribution is 2.12. The van der Waals surface area contributed by atoms with Gasteiger partial charge in [-0.3, -0.25) is 0 Å². The summed E-state index contributed by atoms with van der Waals surface area (Å²) in [6.45, 7) is 3.63. The van der Waals surface area contributed by atoms with E-state index in [1.54, 1.807) is 12.1 Å². The first-order chi connectivity index (χ1) is 8.58. The molecule has 100 valence electrons. The Labute approximate surface area is 109 Å². The van der Waals surface area contributed by atoms with Gasteiger partial charge in [-0.05, 0) is 38.4 Å². The van der Waals surface area contributed by atoms with E-state index in [9.17, 15) is 8.42 Å². The summed E-state index contributed by atoms with van der Waals surface area (Å²) in [5.74, 6) is 0. The molecular weight excluding hydrogens is 248 g/mol. The Bertz CT molecular complexity index is 474. The molecule has 1 aromatic carbocycles. The second-order valence-electron chi connectivity index (χ2n) is 4.83. The second kappa shape index (κ2) is 5.82. The summed E-state index contributed by atoms with van der Waals surface area (Å²) in [5, 5.41) is 3.25. The van der Waals surface area contributed by atoms with Gasteiger partial charge in [0.2, 0.25) is 10.0 Å². The van der Waals surface area contributed by atoms with Crippen LogP contribution in [0.4, 0.5) is 0 Å². The molecule has 1 saturated heterocycles. The number of benzene rings is 1. The lowest BCUT2D eigenvalue weighted by molar-refractivity contribution is 0.521. The lowest BCUT2D eigenvalue weighted by atomic mass is 10.2. The molecule has 4 nitrogen and oxygen atoms in total. The molecule has 0 spiro atoms. The molecule has 0 aromatic heterocycles. The van der Waals surface area contributed by atoms with Gasteiger partial charge in [0.25, 0.3) is 0 Å². The van der Waals surface area contributed by atoms with Crippen molar-refractivity contribution >= 4 is 10.0 Å². The largest absolute Gasteiger partial charge is 0.315 e. The van der Waals surface area contributed by atoms with Gasteiger partial charge in [-0.2, -0.15) is 0 Å². The highest BCUT2D eigenvalue weighted by molar-refractivity contribution is 7.89. The molecule has 0 saturated carbocycles. The fraction of sp³-hybridized carbons (Fsp3) is 0.538. The molecule has 18 heavy (non-hydrogen) atoms. The Morgan fingerprint density at radius 1 is 1.22 bits per heavy atom. The SMILES string of the molecule is Cc1ccc(S(=O)(=O)NC2CCCCNC2)cc1. The number of nitrogens with one attached hydrogen (secondary N) is 2. The van der Waals surface area contributed by atoms with Crippen LogP contribution >= 0.6 is 0 Å². The predicted octanol–water partition coefficient (Wildman–Crippen LogP) is 1.42. The van der Waals surface area contributed by atoms with Gasteiger partial charge in [0, 0.05) is 12.6 Å². The van der Waals surface area contributed by atoms with Gasteiger partial charge in [0.1, 0.15) is 0 Å². The van der Waals surface area contributed by atoms with Gasteiger partial charge in [-0.15, -0.1) is 0 Å². The van der Waals surface area contributed by atoms with Gasteiger partial charge < -0.3 is 5.32 Å². The van der Waals surface area contributed by atoms with Crippen molar-refractivity contribution in [2.45, 2.75) is 37.1 Å². The van der Waals surface area contributed by atoms with Crippen LogP contribution in [0.1, 0.15) is 24.8 Å². The molecule has 1 fully saturated rings. The Kier molecular flexibility index (Phi) is 4.37. The summed E-state index contributed by atoms with van der Waals surface area (Å²) in [6, 6.07) is 6.95. The summed E-state index contributed by atoms with van der Waals surface area (Å²) < 4.78 is 27.2. The maximum Gasteiger partial charge on any atom is 0.240 e. The second-order valence-corrected chi connectivity index (χ2v) is 6.55. The van der Waals surface area contributed by atoms with Gasteiger partial charge in [0.15, 0.2) is 0 Å². The molecule has 2 N–H and O–H groups in total. The minimum atomic E-state index is -3.38. The fourth-order valence-electron chi connectivity index (χ4n) is 2.12. The van der Waals surface area contributed by atoms with E-state index in [2.05, 4.69) is 10.0 Å². The van der Waals surface area contributed by atoms with Crippen LogP contribution in [0.3, 0.4) is 0 Å². The third-order valence-electron chi connectivity index (χ3n) is 3.20. The molecule has 2 rings (SSSR count). The first-order valence-corrected chi connectivity index (χ1v) is 7.86. The normalized spacial score (nSPS) is 21.5. The average Bonchev–Trinajstić information content (AvgIpc) is 2.57. The van der Waals surface area contributed by atoms with E-state index in [0.717, 1.165) is 31.4 Å². The molecule has 1 heterocycles. The Morgan fingerprint density at radius 3 is 2.67 bits per heavy atom. The van der Waals surface area contributed by atoms with Gasteiger partial charge in [0.05, 0.1) is 4.90 Å². The van der Waals surface area contributed by atoms with Crippen LogP contribution in [0.5, 0.6) is 0 Å². The zero-order valence-corrected chi connectivity index (χ0v) is 11.5. The van der Waals surface area contributed by atoms with E-state index < -0.39 is 10.0 Å². The van der Waals surface area contributed by atoms with Crippen LogP contribution in [0, 0.1) is 6.92 Å². The van der Waals surface area contributed by atoms with Crippen molar-refractivity contribution in [2.75, 3.05) is 13.1 Å². The summed E-state index contributed by atoms with van der Waals surface area (Å²) in [5.41, 5.74) is 1.06. The maximum atomic E-state index is 12.2. The monoisotopic (exact) mass is 268 g/mol. The fourth-order valence-corrected chi connectivity index (χ4v) is 3.40. The van der Waals surface area contributed by atoms with Crippen molar-refractivity contribution < 1.29 is 8.42 Å². The van der Waals surface area contributed by atoms with Crippen LogP contribution in [-0.2, 0) is 10.0 Å². The maximum absolute atomic E-state index is 12.2. The summed E-state index contributed by atoms with van der Waals surface area (Å²) in [6.07, 6.45) is 3.08. The van der Waals surface area contributed by atoms with Gasteiger partial charge in [-0.25, -0.2) is 13.1 Å². The third kappa shape index (κ3) is 3.54. The molecule has 0 amide bonds. The number of aryl methyl sites for hydroxylation is 1. The van der Waals surface area contributed by atoms with E-state index in [-0.39, 0.29) is 6.04 Å². The van der Waals surface area contributed by atoms with E-state index >= 15 is 0 Å². The minimum absolute atomic E-state index is 0.00111. The first kappa shape index (κ1) is 13.5. The molecule has 0 aliphatic carbocycles. The Morgan fingerprint density at radius 2 is 1.94 bits per heavy atom. The highest BCUT2D eigenvalue weighted by atomic mass is 32.2. The Hall–Kier alpha value is -0.910. The average molecular weight is 268 g/mol. The van der Waals surface area contributed by atoms with Crippen molar-refractivity contribution in [3.8, 4) is 0 Å². The van der Waals surface area contributed by atoms with Gasteiger partial charge in [-0.1, -0.05) is 24.1 Å². The van der Waals surface area contributed by atoms with Crippen molar-refractivity contribution in [3.63, 3.8) is 0 Å². The number of sulfonamides is 1. The summed E-state index contributed by atoms with van der Waals surface area (Å²) in [7, 11) is -3.38. The van der Waals surface area contributed by atoms with E-state index in [0.29, 0.717) is 11.4 Å². The van der Waals surface area contributed by atoms with Crippen LogP contribution in [-0.4, -0.2) is 27.5 Å². The number of hydrogen-bond donors (Lipinski definition) is 2.